The summed E-state index contributed by atoms with van der Waals surface area (Å²) in [6.07, 6.45) is 26.1. The molecule has 0 saturated heterocycles. The average molecular weight is 607 g/mol. The maximum Gasteiger partial charge on any atom is 0.0466 e. The first-order chi connectivity index (χ1) is 23.2. The zero-order valence-electron chi connectivity index (χ0n) is 27.3. The highest BCUT2D eigenvalue weighted by Gasteiger charge is 2.59. The van der Waals surface area contributed by atoms with E-state index in [9.17, 15) is 0 Å². The lowest BCUT2D eigenvalue weighted by Gasteiger charge is -2.41. The fourth-order valence-electron chi connectivity index (χ4n) is 9.88. The van der Waals surface area contributed by atoms with Gasteiger partial charge in [-0.15, -0.1) is 0 Å². The fourth-order valence-corrected chi connectivity index (χ4v) is 9.88. The molecule has 0 heteroatoms. The quantitative estimate of drug-likeness (QED) is 0.205. The number of allylic oxidation sites excluding steroid dienone is 12. The van der Waals surface area contributed by atoms with Gasteiger partial charge in [0.15, 0.2) is 0 Å². The van der Waals surface area contributed by atoms with Crippen molar-refractivity contribution in [3.63, 3.8) is 0 Å². The smallest absolute Gasteiger partial charge is 0.0466 e. The van der Waals surface area contributed by atoms with E-state index in [1.54, 1.807) is 22.3 Å². The van der Waals surface area contributed by atoms with Gasteiger partial charge >= 0.3 is 0 Å². The first kappa shape index (κ1) is 28.5. The summed E-state index contributed by atoms with van der Waals surface area (Å²) >= 11 is 0. The molecule has 1 spiro atoms. The molecule has 4 aromatic rings. The van der Waals surface area contributed by atoms with Gasteiger partial charge in [-0.1, -0.05) is 157 Å². The Hall–Kier alpha value is -4.68. The van der Waals surface area contributed by atoms with E-state index < -0.39 is 0 Å². The molecule has 5 aliphatic carbocycles. The Morgan fingerprint density at radius 1 is 0.681 bits per heavy atom. The van der Waals surface area contributed by atoms with Crippen LogP contribution in [-0.4, -0.2) is 0 Å². The third kappa shape index (κ3) is 4.49. The lowest BCUT2D eigenvalue weighted by molar-refractivity contribution is 0.404. The van der Waals surface area contributed by atoms with Crippen LogP contribution in [0.1, 0.15) is 65.0 Å². The van der Waals surface area contributed by atoms with Crippen LogP contribution in [-0.2, 0) is 18.3 Å². The first-order valence-corrected chi connectivity index (χ1v) is 17.7. The molecule has 230 valence electrons. The van der Waals surface area contributed by atoms with Crippen LogP contribution >= 0.6 is 0 Å². The van der Waals surface area contributed by atoms with E-state index in [1.807, 2.05) is 0 Å². The molecule has 4 atom stereocenters. The van der Waals surface area contributed by atoms with Gasteiger partial charge in [0, 0.05) is 17.3 Å². The maximum atomic E-state index is 2.57. The largest absolute Gasteiger partial charge is 0.0839 e. The van der Waals surface area contributed by atoms with Gasteiger partial charge < -0.3 is 0 Å². The molecule has 0 saturated carbocycles. The summed E-state index contributed by atoms with van der Waals surface area (Å²) in [6, 6.07) is 36.7. The predicted molar refractivity (Wildman–Crippen MR) is 197 cm³/mol. The minimum Gasteiger partial charge on any atom is -0.0839 e. The Kier molecular flexibility index (Phi) is 7.00. The van der Waals surface area contributed by atoms with E-state index in [0.29, 0.717) is 17.8 Å². The lowest BCUT2D eigenvalue weighted by atomic mass is 9.60. The van der Waals surface area contributed by atoms with Crippen LogP contribution in [0.2, 0.25) is 0 Å². The van der Waals surface area contributed by atoms with Gasteiger partial charge in [0.05, 0.1) is 0 Å². The standard InChI is InChI=1S/C47H42/c1-32-26-28-33(29-27-32)30-36(38-18-6-5-17-37(38)34-14-3-2-4-15-34)31-35-16-13-22-42-41-21-9-12-25-45(41)47(46(35)42)43-23-10-7-19-39(43)40-20-8-11-24-44(40)47/h2-10,13-23,26-29,36,39,43H,11-12,24-25,30-31H2,1H3. The fraction of sp³-hybridized carbons (Fsp3) is 0.234. The number of fused-ring (bicyclic) bond motifs is 8. The van der Waals surface area contributed by atoms with Crippen molar-refractivity contribution in [2.24, 2.45) is 11.8 Å². The van der Waals surface area contributed by atoms with Gasteiger partial charge in [0.25, 0.3) is 0 Å². The van der Waals surface area contributed by atoms with Gasteiger partial charge in [-0.3, -0.25) is 0 Å². The normalized spacial score (nSPS) is 24.0. The molecule has 0 radical (unpaired) electrons. The van der Waals surface area contributed by atoms with Crippen molar-refractivity contribution in [3.8, 4) is 11.1 Å². The number of benzene rings is 4. The van der Waals surface area contributed by atoms with Crippen molar-refractivity contribution in [2.75, 3.05) is 0 Å². The summed E-state index contributed by atoms with van der Waals surface area (Å²) in [7, 11) is 0. The van der Waals surface area contributed by atoms with Crippen molar-refractivity contribution in [2.45, 2.75) is 56.8 Å². The second-order valence-corrected chi connectivity index (χ2v) is 14.2. The number of rotatable bonds is 6. The zero-order chi connectivity index (χ0) is 31.4. The summed E-state index contributed by atoms with van der Waals surface area (Å²) < 4.78 is 0. The molecular formula is C47H42. The summed E-state index contributed by atoms with van der Waals surface area (Å²) in [4.78, 5) is 0. The zero-order valence-corrected chi connectivity index (χ0v) is 27.3. The van der Waals surface area contributed by atoms with Crippen molar-refractivity contribution in [3.05, 3.63) is 196 Å². The van der Waals surface area contributed by atoms with E-state index in [2.05, 4.69) is 153 Å². The van der Waals surface area contributed by atoms with Crippen molar-refractivity contribution < 1.29 is 0 Å². The molecule has 9 rings (SSSR count). The minimum absolute atomic E-state index is 0.0502. The van der Waals surface area contributed by atoms with Crippen LogP contribution in [0.5, 0.6) is 0 Å². The topological polar surface area (TPSA) is 0 Å². The Balaban J connectivity index is 1.24. The highest BCUT2D eigenvalue weighted by Crippen LogP contribution is 2.67. The predicted octanol–water partition coefficient (Wildman–Crippen LogP) is 11.6. The molecule has 0 fully saturated rings. The molecule has 4 aromatic carbocycles. The first-order valence-electron chi connectivity index (χ1n) is 17.7. The molecule has 0 aliphatic heterocycles. The molecule has 0 aromatic heterocycles. The number of hydrogen-bond donors (Lipinski definition) is 0. The van der Waals surface area contributed by atoms with Gasteiger partial charge in [0.2, 0.25) is 0 Å². The van der Waals surface area contributed by atoms with Gasteiger partial charge in [-0.25, -0.2) is 0 Å². The SMILES string of the molecule is Cc1ccc(CC(Cc2cccc3c2C2(C4=C3C=CCC4)C3=C(C=CCC3)C3C=CC=CC32)c2ccccc2-c2ccccc2)cc1. The molecule has 4 unspecified atom stereocenters. The molecule has 0 amide bonds. The molecular weight excluding hydrogens is 565 g/mol. The van der Waals surface area contributed by atoms with Crippen LogP contribution in [0.25, 0.3) is 16.7 Å². The summed E-state index contributed by atoms with van der Waals surface area (Å²) in [5.74, 6) is 1.23. The minimum atomic E-state index is -0.0502. The van der Waals surface area contributed by atoms with Gasteiger partial charge in [-0.2, -0.15) is 0 Å². The van der Waals surface area contributed by atoms with Crippen molar-refractivity contribution in [1.29, 1.82) is 0 Å². The Morgan fingerprint density at radius 2 is 1.43 bits per heavy atom. The highest BCUT2D eigenvalue weighted by molar-refractivity contribution is 5.91. The van der Waals surface area contributed by atoms with Crippen molar-refractivity contribution in [1.82, 2.24) is 0 Å². The maximum absolute atomic E-state index is 2.57. The summed E-state index contributed by atoms with van der Waals surface area (Å²) in [5.41, 5.74) is 17.9. The van der Waals surface area contributed by atoms with E-state index in [1.165, 1.54) is 50.9 Å². The van der Waals surface area contributed by atoms with E-state index in [0.717, 1.165) is 32.1 Å². The summed E-state index contributed by atoms with van der Waals surface area (Å²) in [6.45, 7) is 2.19. The number of aryl methyl sites for hydroxylation is 1. The van der Waals surface area contributed by atoms with Crippen LogP contribution < -0.4 is 0 Å². The second-order valence-electron chi connectivity index (χ2n) is 14.2. The Bertz CT molecular complexity index is 2040. The number of hydrogen-bond acceptors (Lipinski definition) is 0. The molecule has 0 N–H and O–H groups in total. The Labute approximate surface area is 280 Å². The van der Waals surface area contributed by atoms with Crippen LogP contribution in [0.15, 0.2) is 162 Å². The van der Waals surface area contributed by atoms with Gasteiger partial charge in [0.1, 0.15) is 0 Å². The molecule has 0 heterocycles. The van der Waals surface area contributed by atoms with Gasteiger partial charge in [-0.05, 0) is 107 Å². The summed E-state index contributed by atoms with van der Waals surface area (Å²) in [5, 5.41) is 0. The molecule has 5 aliphatic rings. The highest BCUT2D eigenvalue weighted by atomic mass is 14.6. The molecule has 47 heavy (non-hydrogen) atoms. The molecule has 0 bridgehead atoms. The second kappa shape index (κ2) is 11.5. The van der Waals surface area contributed by atoms with Crippen molar-refractivity contribution >= 4 is 5.57 Å². The monoisotopic (exact) mass is 606 g/mol. The van der Waals surface area contributed by atoms with Crippen LogP contribution in [0.3, 0.4) is 0 Å². The van der Waals surface area contributed by atoms with E-state index >= 15 is 0 Å². The molecule has 0 nitrogen and oxygen atoms in total. The lowest BCUT2D eigenvalue weighted by Crippen LogP contribution is -2.37. The average Bonchev–Trinajstić information content (AvgIpc) is 3.61. The van der Waals surface area contributed by atoms with E-state index in [4.69, 9.17) is 0 Å². The third-order valence-electron chi connectivity index (χ3n) is 11.7. The third-order valence-corrected chi connectivity index (χ3v) is 11.7. The van der Waals surface area contributed by atoms with E-state index in [-0.39, 0.29) is 5.41 Å². The van der Waals surface area contributed by atoms with Crippen LogP contribution in [0, 0.1) is 18.8 Å². The van der Waals surface area contributed by atoms with Crippen LogP contribution in [0.4, 0.5) is 0 Å². The Morgan fingerprint density at radius 3 is 2.30 bits per heavy atom.